The average Bonchev–Trinajstić information content (AvgIpc) is 2.38. The molecule has 2 unspecified atom stereocenters. The van der Waals surface area contributed by atoms with E-state index in [1.807, 2.05) is 0 Å². The minimum absolute atomic E-state index is 0.000901. The molecule has 0 aliphatic heterocycles. The molecule has 2 rings (SSSR count). The van der Waals surface area contributed by atoms with Crippen LogP contribution in [0.2, 0.25) is 0 Å². The van der Waals surface area contributed by atoms with E-state index in [0.717, 1.165) is 19.3 Å². The van der Waals surface area contributed by atoms with Crippen LogP contribution in [0.5, 0.6) is 5.88 Å². The van der Waals surface area contributed by atoms with Crippen LogP contribution in [0.15, 0.2) is 12.1 Å². The van der Waals surface area contributed by atoms with Crippen LogP contribution in [0, 0.1) is 16.0 Å². The van der Waals surface area contributed by atoms with Gasteiger partial charge in [-0.3, -0.25) is 10.1 Å². The maximum absolute atomic E-state index is 11.0. The molecule has 6 heteroatoms. The van der Waals surface area contributed by atoms with Gasteiger partial charge in [0.2, 0.25) is 11.7 Å². The lowest BCUT2D eigenvalue weighted by Gasteiger charge is -2.27. The first kappa shape index (κ1) is 13.6. The van der Waals surface area contributed by atoms with Crippen LogP contribution in [0.3, 0.4) is 0 Å². The van der Waals surface area contributed by atoms with E-state index in [-0.39, 0.29) is 11.7 Å². The summed E-state index contributed by atoms with van der Waals surface area (Å²) in [7, 11) is 1.50. The van der Waals surface area contributed by atoms with Crippen LogP contribution in [0.4, 0.5) is 11.5 Å². The van der Waals surface area contributed by atoms with Crippen LogP contribution in [-0.2, 0) is 0 Å². The number of hydrogen-bond acceptors (Lipinski definition) is 5. The largest absolute Gasteiger partial charge is 0.481 e. The van der Waals surface area contributed by atoms with E-state index in [1.54, 1.807) is 0 Å². The molecule has 1 fully saturated rings. The Kier molecular flexibility index (Phi) is 4.19. The van der Waals surface area contributed by atoms with Gasteiger partial charge in [-0.2, -0.15) is 4.98 Å². The van der Waals surface area contributed by atoms with E-state index in [9.17, 15) is 10.1 Å². The molecule has 1 saturated carbocycles. The molecular weight excluding hydrogens is 246 g/mol. The zero-order chi connectivity index (χ0) is 13.8. The molecule has 1 aromatic heterocycles. The molecule has 0 amide bonds. The molecule has 6 nitrogen and oxygen atoms in total. The molecule has 1 heterocycles. The van der Waals surface area contributed by atoms with Gasteiger partial charge in [-0.25, -0.2) is 0 Å². The van der Waals surface area contributed by atoms with Crippen molar-refractivity contribution in [2.45, 2.75) is 38.6 Å². The van der Waals surface area contributed by atoms with Gasteiger partial charge in [0, 0.05) is 18.2 Å². The number of methoxy groups -OCH3 is 1. The summed E-state index contributed by atoms with van der Waals surface area (Å²) in [4.78, 5) is 14.8. The predicted octanol–water partition coefficient (Wildman–Crippen LogP) is 2.99. The Labute approximate surface area is 112 Å². The number of pyridine rings is 1. The summed E-state index contributed by atoms with van der Waals surface area (Å²) in [5, 5.41) is 14.2. The zero-order valence-corrected chi connectivity index (χ0v) is 11.3. The third-order valence-corrected chi connectivity index (χ3v) is 3.53. The molecule has 1 aliphatic carbocycles. The van der Waals surface area contributed by atoms with E-state index in [2.05, 4.69) is 17.2 Å². The summed E-state index contributed by atoms with van der Waals surface area (Å²) in [5.41, 5.74) is -0.000901. The molecule has 1 aliphatic rings. The van der Waals surface area contributed by atoms with E-state index in [1.165, 1.54) is 25.7 Å². The van der Waals surface area contributed by atoms with Crippen LogP contribution in [0.1, 0.15) is 32.6 Å². The van der Waals surface area contributed by atoms with Crippen LogP contribution >= 0.6 is 0 Å². The molecule has 0 spiro atoms. The number of aromatic nitrogens is 1. The average molecular weight is 265 g/mol. The highest BCUT2D eigenvalue weighted by Crippen LogP contribution is 2.30. The molecule has 0 bridgehead atoms. The number of nitrogens with one attached hydrogen (secondary N) is 1. The number of hydrogen-bond donors (Lipinski definition) is 1. The predicted molar refractivity (Wildman–Crippen MR) is 72.5 cm³/mol. The summed E-state index contributed by atoms with van der Waals surface area (Å²) in [6.07, 6.45) is 4.43. The molecule has 1 aromatic rings. The van der Waals surface area contributed by atoms with Gasteiger partial charge in [0.15, 0.2) is 0 Å². The third-order valence-electron chi connectivity index (χ3n) is 3.53. The van der Waals surface area contributed by atoms with Gasteiger partial charge in [-0.05, 0) is 18.8 Å². The number of nitro groups is 1. The quantitative estimate of drug-likeness (QED) is 0.669. The van der Waals surface area contributed by atoms with Gasteiger partial charge >= 0.3 is 5.69 Å². The second-order valence-corrected chi connectivity index (χ2v) is 5.09. The van der Waals surface area contributed by atoms with Crippen molar-refractivity contribution >= 4 is 11.5 Å². The van der Waals surface area contributed by atoms with E-state index in [0.29, 0.717) is 17.6 Å². The maximum Gasteiger partial charge on any atom is 0.311 e. The molecule has 0 aromatic carbocycles. The number of ether oxygens (including phenoxy) is 1. The fourth-order valence-electron chi connectivity index (χ4n) is 2.56. The first-order valence-corrected chi connectivity index (χ1v) is 6.56. The maximum atomic E-state index is 11.0. The first-order valence-electron chi connectivity index (χ1n) is 6.56. The molecule has 0 saturated heterocycles. The Hall–Kier alpha value is -1.85. The molecule has 19 heavy (non-hydrogen) atoms. The Balaban J connectivity index is 2.19. The molecule has 1 N–H and O–H groups in total. The second kappa shape index (κ2) is 5.86. The summed E-state index contributed by atoms with van der Waals surface area (Å²) in [6, 6.07) is 3.19. The lowest BCUT2D eigenvalue weighted by molar-refractivity contribution is -0.384. The molecule has 2 atom stereocenters. The van der Waals surface area contributed by atoms with Gasteiger partial charge in [-0.1, -0.05) is 19.8 Å². The van der Waals surface area contributed by atoms with Gasteiger partial charge in [0.1, 0.15) is 0 Å². The van der Waals surface area contributed by atoms with Crippen molar-refractivity contribution in [1.29, 1.82) is 0 Å². The Morgan fingerprint density at radius 2 is 2.26 bits per heavy atom. The van der Waals surface area contributed by atoms with Crippen molar-refractivity contribution in [1.82, 2.24) is 4.98 Å². The van der Waals surface area contributed by atoms with Crippen molar-refractivity contribution < 1.29 is 9.66 Å². The Morgan fingerprint density at radius 3 is 2.89 bits per heavy atom. The fraction of sp³-hybridized carbons (Fsp3) is 0.615. The fourth-order valence-corrected chi connectivity index (χ4v) is 2.56. The standard InChI is InChI=1S/C13H19N3O3/c1-9-4-3-5-10(8-9)14-13-11(16(17)18)6-7-12(15-13)19-2/h6-7,9-10H,3-5,8H2,1-2H3,(H,14,15). The van der Waals surface area contributed by atoms with Gasteiger partial charge in [-0.15, -0.1) is 0 Å². The molecule has 0 radical (unpaired) electrons. The third kappa shape index (κ3) is 3.33. The van der Waals surface area contributed by atoms with Crippen molar-refractivity contribution in [3.8, 4) is 5.88 Å². The van der Waals surface area contributed by atoms with Gasteiger partial charge in [0.05, 0.1) is 12.0 Å². The number of nitrogens with zero attached hydrogens (tertiary/aromatic N) is 2. The summed E-state index contributed by atoms with van der Waals surface area (Å²) in [6.45, 7) is 2.21. The second-order valence-electron chi connectivity index (χ2n) is 5.09. The summed E-state index contributed by atoms with van der Waals surface area (Å²) < 4.78 is 5.03. The van der Waals surface area contributed by atoms with Crippen LogP contribution in [-0.4, -0.2) is 23.1 Å². The smallest absolute Gasteiger partial charge is 0.311 e. The molecule has 104 valence electrons. The van der Waals surface area contributed by atoms with Crippen LogP contribution in [0.25, 0.3) is 0 Å². The normalized spacial score (nSPS) is 22.8. The van der Waals surface area contributed by atoms with Gasteiger partial charge in [0.25, 0.3) is 0 Å². The minimum Gasteiger partial charge on any atom is -0.481 e. The van der Waals surface area contributed by atoms with Crippen LogP contribution < -0.4 is 10.1 Å². The zero-order valence-electron chi connectivity index (χ0n) is 11.3. The van der Waals surface area contributed by atoms with Gasteiger partial charge < -0.3 is 10.1 Å². The topological polar surface area (TPSA) is 77.3 Å². The highest BCUT2D eigenvalue weighted by atomic mass is 16.6. The van der Waals surface area contributed by atoms with Crippen molar-refractivity contribution in [2.75, 3.05) is 12.4 Å². The SMILES string of the molecule is COc1ccc([N+](=O)[O-])c(NC2CCCC(C)C2)n1. The van der Waals surface area contributed by atoms with Crippen molar-refractivity contribution in [2.24, 2.45) is 5.92 Å². The Bertz CT molecular complexity index is 464. The Morgan fingerprint density at radius 1 is 1.47 bits per heavy atom. The van der Waals surface area contributed by atoms with Crippen molar-refractivity contribution in [3.05, 3.63) is 22.2 Å². The minimum atomic E-state index is -0.416. The van der Waals surface area contributed by atoms with Crippen molar-refractivity contribution in [3.63, 3.8) is 0 Å². The molecular formula is C13H19N3O3. The lowest BCUT2D eigenvalue weighted by atomic mass is 9.87. The highest BCUT2D eigenvalue weighted by Gasteiger charge is 2.23. The monoisotopic (exact) mass is 265 g/mol. The summed E-state index contributed by atoms with van der Waals surface area (Å²) >= 11 is 0. The number of rotatable bonds is 4. The van der Waals surface area contributed by atoms with E-state index >= 15 is 0 Å². The van der Waals surface area contributed by atoms with E-state index < -0.39 is 4.92 Å². The first-order chi connectivity index (χ1) is 9.10. The highest BCUT2D eigenvalue weighted by molar-refractivity contribution is 5.57. The lowest BCUT2D eigenvalue weighted by Crippen LogP contribution is -2.27. The van der Waals surface area contributed by atoms with E-state index in [4.69, 9.17) is 4.74 Å². The number of anilines is 1. The summed E-state index contributed by atoms with van der Waals surface area (Å²) in [5.74, 6) is 1.34.